The summed E-state index contributed by atoms with van der Waals surface area (Å²) in [6, 6.07) is -4.11. The fraction of sp³-hybridized carbons (Fsp3) is 0.865. The molecule has 0 bridgehead atoms. The molecule has 2 heterocycles. The Morgan fingerprint density at radius 2 is 1.70 bits per heavy atom. The third-order valence-electron chi connectivity index (χ3n) is 11.5. The minimum Gasteiger partial charge on any atom is -0.381 e. The zero-order valence-electron chi connectivity index (χ0n) is 31.5. The smallest absolute Gasteiger partial charge is 0.316 e. The van der Waals surface area contributed by atoms with Crippen LogP contribution in [0.1, 0.15) is 119 Å². The van der Waals surface area contributed by atoms with Crippen LogP contribution < -0.4 is 21.7 Å². The number of nitrogens with zero attached hydrogens (tertiary/aromatic N) is 2. The number of hydrogen-bond acceptors (Lipinski definition) is 7. The van der Waals surface area contributed by atoms with Crippen molar-refractivity contribution in [1.29, 1.82) is 0 Å². The first-order valence-corrected chi connectivity index (χ1v) is 18.9. The highest BCUT2D eigenvalue weighted by Gasteiger charge is 2.50. The third-order valence-corrected chi connectivity index (χ3v) is 11.5. The van der Waals surface area contributed by atoms with Crippen molar-refractivity contribution in [2.45, 2.75) is 155 Å². The van der Waals surface area contributed by atoms with Crippen molar-refractivity contribution in [1.82, 2.24) is 25.8 Å². The van der Waals surface area contributed by atoms with Crippen LogP contribution in [0.5, 0.6) is 0 Å². The number of rotatable bonds is 15. The van der Waals surface area contributed by atoms with Crippen LogP contribution in [0.3, 0.4) is 0 Å². The fourth-order valence-corrected chi connectivity index (χ4v) is 7.78. The largest absolute Gasteiger partial charge is 0.381 e. The number of hydrogen-bond donors (Lipinski definition) is 5. The van der Waals surface area contributed by atoms with Gasteiger partial charge < -0.3 is 41.3 Å². The van der Waals surface area contributed by atoms with Gasteiger partial charge in [-0.15, -0.1) is 0 Å². The van der Waals surface area contributed by atoms with Gasteiger partial charge in [0.15, 0.2) is 6.10 Å². The van der Waals surface area contributed by atoms with Crippen LogP contribution in [-0.2, 0) is 23.9 Å². The van der Waals surface area contributed by atoms with Crippen molar-refractivity contribution < 1.29 is 33.8 Å². The molecule has 0 aromatic rings. The summed E-state index contributed by atoms with van der Waals surface area (Å²) < 4.78 is 5.89. The van der Waals surface area contributed by atoms with Crippen LogP contribution in [0, 0.1) is 22.7 Å². The molecule has 13 nitrogen and oxygen atoms in total. The van der Waals surface area contributed by atoms with E-state index in [2.05, 4.69) is 36.7 Å². The Bertz CT molecular complexity index is 1240. The average Bonchev–Trinajstić information content (AvgIpc) is 3.58. The van der Waals surface area contributed by atoms with E-state index in [1.807, 2.05) is 20.8 Å². The van der Waals surface area contributed by atoms with Gasteiger partial charge in [0.1, 0.15) is 18.1 Å². The van der Waals surface area contributed by atoms with E-state index >= 15 is 0 Å². The van der Waals surface area contributed by atoms with Crippen molar-refractivity contribution in [3.63, 3.8) is 0 Å². The number of aliphatic hydroxyl groups is 1. The number of primary amides is 1. The molecule has 0 aromatic heterocycles. The number of carbonyl (C=O) groups excluding carboxylic acids is 5. The van der Waals surface area contributed by atoms with Gasteiger partial charge in [-0.25, -0.2) is 4.79 Å². The highest BCUT2D eigenvalue weighted by atomic mass is 16.5. The molecule has 6 amide bonds. The molecule has 284 valence electrons. The predicted octanol–water partition coefficient (Wildman–Crippen LogP) is 2.83. The molecule has 2 saturated carbocycles. The van der Waals surface area contributed by atoms with Crippen molar-refractivity contribution in [2.24, 2.45) is 28.4 Å². The van der Waals surface area contributed by atoms with Gasteiger partial charge in [-0.3, -0.25) is 19.2 Å². The number of aliphatic hydroxyl groups excluding tert-OH is 1. The number of carbonyl (C=O) groups is 5. The molecule has 0 radical (unpaired) electrons. The van der Waals surface area contributed by atoms with Gasteiger partial charge in [0.05, 0.1) is 18.2 Å². The third kappa shape index (κ3) is 10.3. The van der Waals surface area contributed by atoms with Gasteiger partial charge in [-0.05, 0) is 68.1 Å². The van der Waals surface area contributed by atoms with E-state index < -0.39 is 54.0 Å². The number of nitrogens with one attached hydrogen (secondary N) is 3. The molecule has 6 unspecified atom stereocenters. The van der Waals surface area contributed by atoms with E-state index in [-0.39, 0.29) is 34.2 Å². The summed E-state index contributed by atoms with van der Waals surface area (Å²) in [5.74, 6) is -1.62. The lowest BCUT2D eigenvalue weighted by Gasteiger charge is -2.37. The molecule has 4 fully saturated rings. The van der Waals surface area contributed by atoms with Crippen LogP contribution in [-0.4, -0.2) is 107 Å². The summed E-state index contributed by atoms with van der Waals surface area (Å²) in [5, 5.41) is 19.1. The lowest BCUT2D eigenvalue weighted by Crippen LogP contribution is -2.59. The normalized spacial score (nSPS) is 24.5. The summed E-state index contributed by atoms with van der Waals surface area (Å²) in [6.07, 6.45) is 7.52. The lowest BCUT2D eigenvalue weighted by atomic mass is 9.74. The second kappa shape index (κ2) is 16.2. The minimum absolute atomic E-state index is 0.0120. The topological polar surface area (TPSA) is 183 Å². The first kappa shape index (κ1) is 39.8. The Balaban J connectivity index is 1.47. The summed E-state index contributed by atoms with van der Waals surface area (Å²) in [5.41, 5.74) is 4.79. The number of ether oxygens (including phenoxy) is 1. The molecule has 1 spiro atoms. The maximum atomic E-state index is 14.1. The highest BCUT2D eigenvalue weighted by Crippen LogP contribution is 2.43. The molecule has 4 rings (SSSR count). The highest BCUT2D eigenvalue weighted by molar-refractivity contribution is 5.93. The maximum Gasteiger partial charge on any atom is 0.316 e. The van der Waals surface area contributed by atoms with E-state index in [1.165, 1.54) is 4.90 Å². The Kier molecular flexibility index (Phi) is 12.9. The Labute approximate surface area is 298 Å². The second-order valence-corrected chi connectivity index (χ2v) is 17.5. The van der Waals surface area contributed by atoms with Gasteiger partial charge in [-0.2, -0.15) is 0 Å². The average molecular weight is 705 g/mol. The molecule has 6 atom stereocenters. The second-order valence-electron chi connectivity index (χ2n) is 17.5. The molecule has 2 aliphatic carbocycles. The fourth-order valence-electron chi connectivity index (χ4n) is 7.78. The standard InChI is InChI=1S/C37H64N6O7/c1-8-9-13-36(6,7)25-19-28(31(46)40-26(29(44)30(38)45)18-24-11-10-12-24)43(21-25)32(47)23(2)39-34(49)41-27(20-35(3,4)5)33(48)42-16-17-50-37(22-42)14-15-37/h23-29,44H,8-22H2,1-7H3,(H2,38,45)(H,40,46)(H2,39,41,49). The molecule has 6 N–H and O–H groups in total. The van der Waals surface area contributed by atoms with E-state index in [0.29, 0.717) is 45.5 Å². The number of unbranched alkanes of at least 4 members (excludes halogenated alkanes) is 1. The predicted molar refractivity (Wildman–Crippen MR) is 189 cm³/mol. The number of urea groups is 1. The summed E-state index contributed by atoms with van der Waals surface area (Å²) >= 11 is 0. The van der Waals surface area contributed by atoms with Gasteiger partial charge >= 0.3 is 6.03 Å². The zero-order valence-corrected chi connectivity index (χ0v) is 31.5. The van der Waals surface area contributed by atoms with Crippen molar-refractivity contribution >= 4 is 29.7 Å². The Morgan fingerprint density at radius 3 is 2.26 bits per heavy atom. The van der Waals surface area contributed by atoms with Crippen LogP contribution >= 0.6 is 0 Å². The summed E-state index contributed by atoms with van der Waals surface area (Å²) in [7, 11) is 0. The first-order valence-electron chi connectivity index (χ1n) is 18.9. The molecule has 2 aliphatic heterocycles. The number of amides is 6. The van der Waals surface area contributed by atoms with Crippen LogP contribution in [0.15, 0.2) is 0 Å². The van der Waals surface area contributed by atoms with Crippen molar-refractivity contribution in [3.8, 4) is 0 Å². The SMILES string of the molecule is CCCCC(C)(C)C1CC(C(=O)NC(CC2CCC2)C(O)C(N)=O)N(C(=O)C(C)NC(=O)NC(CC(C)(C)C)C(=O)N2CCOC3(CC3)C2)C1. The summed E-state index contributed by atoms with van der Waals surface area (Å²) in [6.45, 7) is 15.8. The molecule has 2 saturated heterocycles. The van der Waals surface area contributed by atoms with E-state index in [4.69, 9.17) is 10.5 Å². The molecular weight excluding hydrogens is 640 g/mol. The quantitative estimate of drug-likeness (QED) is 0.174. The maximum absolute atomic E-state index is 14.1. The van der Waals surface area contributed by atoms with E-state index in [0.717, 1.165) is 51.4 Å². The number of morpholine rings is 1. The van der Waals surface area contributed by atoms with Crippen molar-refractivity contribution in [2.75, 3.05) is 26.2 Å². The Morgan fingerprint density at radius 1 is 1.02 bits per heavy atom. The molecular formula is C37H64N6O7. The number of nitrogens with two attached hydrogens (primary N) is 1. The molecule has 50 heavy (non-hydrogen) atoms. The van der Waals surface area contributed by atoms with Gasteiger partial charge in [0, 0.05) is 19.6 Å². The first-order chi connectivity index (χ1) is 23.3. The summed E-state index contributed by atoms with van der Waals surface area (Å²) in [4.78, 5) is 70.5. The van der Waals surface area contributed by atoms with Gasteiger partial charge in [0.2, 0.25) is 23.6 Å². The van der Waals surface area contributed by atoms with Crippen LogP contribution in [0.4, 0.5) is 4.79 Å². The molecule has 0 aromatic carbocycles. The van der Waals surface area contributed by atoms with Crippen LogP contribution in [0.2, 0.25) is 0 Å². The molecule has 4 aliphatic rings. The minimum atomic E-state index is -1.54. The van der Waals surface area contributed by atoms with E-state index in [1.54, 1.807) is 11.8 Å². The molecule has 13 heteroatoms. The zero-order chi connectivity index (χ0) is 37.0. The Hall–Kier alpha value is -2.93. The van der Waals surface area contributed by atoms with Gasteiger partial charge in [-0.1, -0.05) is 73.6 Å². The number of likely N-dealkylation sites (tertiary alicyclic amines) is 1. The monoisotopic (exact) mass is 704 g/mol. The van der Waals surface area contributed by atoms with Crippen LogP contribution in [0.25, 0.3) is 0 Å². The van der Waals surface area contributed by atoms with E-state index in [9.17, 15) is 29.1 Å². The lowest BCUT2D eigenvalue weighted by molar-refractivity contribution is -0.143. The van der Waals surface area contributed by atoms with Crippen molar-refractivity contribution in [3.05, 3.63) is 0 Å². The van der Waals surface area contributed by atoms with Gasteiger partial charge in [0.25, 0.3) is 0 Å².